The van der Waals surface area contributed by atoms with Gasteiger partial charge in [0.2, 0.25) is 9.70 Å². The summed E-state index contributed by atoms with van der Waals surface area (Å²) in [6.45, 7) is 5.51. The van der Waals surface area contributed by atoms with Crippen molar-refractivity contribution in [2.45, 2.75) is 55.9 Å². The SMILES string of the molecule is CC(C)CC(=O)N[C@@H](C)C(=O)N1CCC[C@@H](C(=O)OCC(Cl)(Cl)Cl)N1. The van der Waals surface area contributed by atoms with Gasteiger partial charge in [0.15, 0.2) is 0 Å². The van der Waals surface area contributed by atoms with Gasteiger partial charge in [-0.2, -0.15) is 0 Å². The minimum atomic E-state index is -1.69. The van der Waals surface area contributed by atoms with Gasteiger partial charge in [-0.3, -0.25) is 19.4 Å². The summed E-state index contributed by atoms with van der Waals surface area (Å²) in [7, 11) is 0. The van der Waals surface area contributed by atoms with Crippen molar-refractivity contribution in [1.82, 2.24) is 15.8 Å². The molecular weight excluding hydrogens is 393 g/mol. The van der Waals surface area contributed by atoms with Crippen LogP contribution in [0.15, 0.2) is 0 Å². The van der Waals surface area contributed by atoms with Crippen LogP contribution in [0.4, 0.5) is 0 Å². The minimum absolute atomic E-state index is 0.188. The highest BCUT2D eigenvalue weighted by Crippen LogP contribution is 2.26. The van der Waals surface area contributed by atoms with Gasteiger partial charge >= 0.3 is 5.97 Å². The molecule has 0 aromatic heterocycles. The topological polar surface area (TPSA) is 87.7 Å². The fourth-order valence-electron chi connectivity index (χ4n) is 2.34. The molecule has 2 amide bonds. The fraction of sp³-hybridized carbons (Fsp3) is 0.800. The number of ether oxygens (including phenoxy) is 1. The Kier molecular flexibility index (Phi) is 8.74. The van der Waals surface area contributed by atoms with Gasteiger partial charge in [-0.15, -0.1) is 0 Å². The maximum Gasteiger partial charge on any atom is 0.325 e. The molecule has 0 unspecified atom stereocenters. The Morgan fingerprint density at radius 2 is 1.92 bits per heavy atom. The second kappa shape index (κ2) is 9.80. The number of hydrogen-bond acceptors (Lipinski definition) is 5. The number of alkyl halides is 3. The van der Waals surface area contributed by atoms with E-state index in [-0.39, 0.29) is 24.3 Å². The van der Waals surface area contributed by atoms with Crippen molar-refractivity contribution < 1.29 is 19.1 Å². The standard InChI is InChI=1S/C15H24Cl3N3O4/c1-9(2)7-12(22)19-10(3)13(23)21-6-4-5-11(20-21)14(24)25-8-15(16,17)18/h9-11,20H,4-8H2,1-3H3,(H,19,22)/t10-,11-/m0/s1. The van der Waals surface area contributed by atoms with Crippen molar-refractivity contribution >= 4 is 52.6 Å². The van der Waals surface area contributed by atoms with E-state index in [9.17, 15) is 14.4 Å². The number of halogens is 3. The van der Waals surface area contributed by atoms with Gasteiger partial charge in [-0.05, 0) is 25.7 Å². The number of nitrogens with zero attached hydrogens (tertiary/aromatic N) is 1. The lowest BCUT2D eigenvalue weighted by Crippen LogP contribution is -2.59. The number of rotatable bonds is 6. The Labute approximate surface area is 162 Å². The predicted octanol–water partition coefficient (Wildman–Crippen LogP) is 1.95. The van der Waals surface area contributed by atoms with E-state index in [1.807, 2.05) is 13.8 Å². The number of esters is 1. The van der Waals surface area contributed by atoms with E-state index >= 15 is 0 Å². The molecule has 1 aliphatic rings. The van der Waals surface area contributed by atoms with E-state index in [4.69, 9.17) is 39.5 Å². The van der Waals surface area contributed by atoms with Crippen molar-refractivity contribution in [2.24, 2.45) is 5.92 Å². The van der Waals surface area contributed by atoms with Crippen LogP contribution < -0.4 is 10.7 Å². The van der Waals surface area contributed by atoms with E-state index in [0.717, 1.165) is 0 Å². The Balaban J connectivity index is 2.54. The lowest BCUT2D eigenvalue weighted by molar-refractivity contribution is -0.152. The molecule has 1 saturated heterocycles. The monoisotopic (exact) mass is 415 g/mol. The van der Waals surface area contributed by atoms with Gasteiger partial charge in [-0.1, -0.05) is 48.7 Å². The highest BCUT2D eigenvalue weighted by Gasteiger charge is 2.32. The van der Waals surface area contributed by atoms with Crippen LogP contribution in [0.2, 0.25) is 0 Å². The van der Waals surface area contributed by atoms with Gasteiger partial charge in [0.05, 0.1) is 0 Å². The minimum Gasteiger partial charge on any atom is -0.460 e. The molecule has 2 N–H and O–H groups in total. The number of amides is 2. The summed E-state index contributed by atoms with van der Waals surface area (Å²) >= 11 is 16.6. The molecule has 0 saturated carbocycles. The highest BCUT2D eigenvalue weighted by atomic mass is 35.6. The van der Waals surface area contributed by atoms with Gasteiger partial charge in [0.1, 0.15) is 18.7 Å². The molecular formula is C15H24Cl3N3O4. The van der Waals surface area contributed by atoms with Crippen LogP contribution in [-0.2, 0) is 19.1 Å². The lowest BCUT2D eigenvalue weighted by Gasteiger charge is -2.34. The van der Waals surface area contributed by atoms with Gasteiger partial charge in [-0.25, -0.2) is 5.43 Å². The van der Waals surface area contributed by atoms with Crippen molar-refractivity contribution in [3.8, 4) is 0 Å². The van der Waals surface area contributed by atoms with Gasteiger partial charge in [0, 0.05) is 13.0 Å². The maximum atomic E-state index is 12.4. The molecule has 2 atom stereocenters. The predicted molar refractivity (Wildman–Crippen MR) is 96.2 cm³/mol. The maximum absolute atomic E-state index is 12.4. The number of nitrogens with one attached hydrogen (secondary N) is 2. The van der Waals surface area contributed by atoms with Crippen molar-refractivity contribution in [2.75, 3.05) is 13.2 Å². The summed E-state index contributed by atoms with van der Waals surface area (Å²) in [5, 5.41) is 3.98. The highest BCUT2D eigenvalue weighted by molar-refractivity contribution is 6.67. The van der Waals surface area contributed by atoms with Gasteiger partial charge in [0.25, 0.3) is 5.91 Å². The van der Waals surface area contributed by atoms with Crippen molar-refractivity contribution in [3.05, 3.63) is 0 Å². The lowest BCUT2D eigenvalue weighted by atomic mass is 10.1. The Bertz CT molecular complexity index is 497. The first-order valence-electron chi connectivity index (χ1n) is 8.10. The van der Waals surface area contributed by atoms with Crippen molar-refractivity contribution in [1.29, 1.82) is 0 Å². The molecule has 7 nitrogen and oxygen atoms in total. The number of carbonyl (C=O) groups excluding carboxylic acids is 3. The van der Waals surface area contributed by atoms with Gasteiger partial charge < -0.3 is 10.1 Å². The quantitative estimate of drug-likeness (QED) is 0.510. The molecule has 1 heterocycles. The molecule has 0 aromatic rings. The molecule has 0 spiro atoms. The van der Waals surface area contributed by atoms with E-state index in [1.165, 1.54) is 5.01 Å². The molecule has 1 rings (SSSR count). The number of hydrazine groups is 1. The Morgan fingerprint density at radius 1 is 1.28 bits per heavy atom. The molecule has 1 fully saturated rings. The third-order valence-electron chi connectivity index (χ3n) is 3.46. The number of carbonyl (C=O) groups is 3. The first-order valence-corrected chi connectivity index (χ1v) is 9.23. The fourth-order valence-corrected chi connectivity index (χ4v) is 2.50. The summed E-state index contributed by atoms with van der Waals surface area (Å²) in [5.41, 5.74) is 2.81. The number of hydrogen-bond donors (Lipinski definition) is 2. The molecule has 25 heavy (non-hydrogen) atoms. The summed E-state index contributed by atoms with van der Waals surface area (Å²) in [4.78, 5) is 36.2. The van der Waals surface area contributed by atoms with E-state index in [2.05, 4.69) is 10.7 Å². The van der Waals surface area contributed by atoms with E-state index in [0.29, 0.717) is 25.8 Å². The third-order valence-corrected chi connectivity index (χ3v) is 3.78. The molecule has 10 heteroatoms. The molecule has 0 bridgehead atoms. The molecule has 1 aliphatic heterocycles. The molecule has 0 aliphatic carbocycles. The molecule has 0 aromatic carbocycles. The third kappa shape index (κ3) is 8.44. The van der Waals surface area contributed by atoms with Crippen LogP contribution in [0.5, 0.6) is 0 Å². The van der Waals surface area contributed by atoms with Crippen LogP contribution in [0, 0.1) is 5.92 Å². The average Bonchev–Trinajstić information content (AvgIpc) is 2.50. The normalized spacial score (nSPS) is 19.5. The van der Waals surface area contributed by atoms with Crippen molar-refractivity contribution in [3.63, 3.8) is 0 Å². The average molecular weight is 417 g/mol. The molecule has 0 radical (unpaired) electrons. The summed E-state index contributed by atoms with van der Waals surface area (Å²) in [6, 6.07) is -1.40. The smallest absolute Gasteiger partial charge is 0.325 e. The van der Waals surface area contributed by atoms with Crippen LogP contribution in [-0.4, -0.2) is 51.8 Å². The van der Waals surface area contributed by atoms with Crippen LogP contribution in [0.1, 0.15) is 40.0 Å². The second-order valence-corrected chi connectivity index (χ2v) is 8.94. The first-order chi connectivity index (χ1) is 11.5. The Hall–Kier alpha value is -0.760. The zero-order valence-electron chi connectivity index (χ0n) is 14.5. The summed E-state index contributed by atoms with van der Waals surface area (Å²) in [6.07, 6.45) is 1.45. The first kappa shape index (κ1) is 22.3. The van der Waals surface area contributed by atoms with Crippen LogP contribution in [0.25, 0.3) is 0 Å². The second-order valence-electron chi connectivity index (χ2n) is 6.42. The van der Waals surface area contributed by atoms with Crippen LogP contribution in [0.3, 0.4) is 0 Å². The zero-order chi connectivity index (χ0) is 19.2. The largest absolute Gasteiger partial charge is 0.460 e. The van der Waals surface area contributed by atoms with Crippen LogP contribution >= 0.6 is 34.8 Å². The summed E-state index contributed by atoms with van der Waals surface area (Å²) in [5.74, 6) is -0.907. The Morgan fingerprint density at radius 3 is 2.48 bits per heavy atom. The summed E-state index contributed by atoms with van der Waals surface area (Å²) < 4.78 is 3.25. The van der Waals surface area contributed by atoms with E-state index < -0.39 is 21.8 Å². The zero-order valence-corrected chi connectivity index (χ0v) is 16.7. The van der Waals surface area contributed by atoms with E-state index in [1.54, 1.807) is 6.92 Å². The molecule has 144 valence electrons.